The fraction of sp³-hybridized carbons (Fsp3) is 0.533. The Labute approximate surface area is 142 Å². The van der Waals surface area contributed by atoms with E-state index in [4.69, 9.17) is 16.3 Å². The maximum absolute atomic E-state index is 12.4. The van der Waals surface area contributed by atoms with Gasteiger partial charge >= 0.3 is 0 Å². The molecule has 1 N–H and O–H groups in total. The van der Waals surface area contributed by atoms with Gasteiger partial charge in [0.1, 0.15) is 0 Å². The zero-order valence-electron chi connectivity index (χ0n) is 13.4. The number of sulfonamides is 1. The Morgan fingerprint density at radius 3 is 2.52 bits per heavy atom. The van der Waals surface area contributed by atoms with Gasteiger partial charge in [-0.05, 0) is 30.5 Å². The van der Waals surface area contributed by atoms with Crippen LogP contribution < -0.4 is 5.32 Å². The summed E-state index contributed by atoms with van der Waals surface area (Å²) in [6.45, 7) is 0.491. The Morgan fingerprint density at radius 2 is 1.96 bits per heavy atom. The minimum Gasteiger partial charge on any atom is -0.383 e. The highest BCUT2D eigenvalue weighted by atomic mass is 35.5. The van der Waals surface area contributed by atoms with Gasteiger partial charge in [-0.1, -0.05) is 12.1 Å². The Bertz CT molecular complexity index is 590. The van der Waals surface area contributed by atoms with Crippen molar-refractivity contribution >= 4 is 27.5 Å². The van der Waals surface area contributed by atoms with E-state index >= 15 is 0 Å². The smallest absolute Gasteiger partial charge is 0.243 e. The van der Waals surface area contributed by atoms with Gasteiger partial charge in [0.25, 0.3) is 0 Å². The number of nitrogens with zero attached hydrogens (tertiary/aromatic N) is 1. The first-order valence-electron chi connectivity index (χ1n) is 7.28. The largest absolute Gasteiger partial charge is 0.383 e. The normalized spacial score (nSPS) is 11.7. The molecule has 0 unspecified atom stereocenters. The summed E-state index contributed by atoms with van der Waals surface area (Å²) < 4.78 is 30.7. The van der Waals surface area contributed by atoms with Crippen molar-refractivity contribution in [3.05, 3.63) is 29.8 Å². The molecule has 0 saturated carbocycles. The molecular weight excluding hydrogens is 340 g/mol. The maximum Gasteiger partial charge on any atom is 0.243 e. The molecule has 0 bridgehead atoms. The average Bonchev–Trinajstić information content (AvgIpc) is 2.53. The van der Waals surface area contributed by atoms with Crippen LogP contribution in [0.1, 0.15) is 12.0 Å². The van der Waals surface area contributed by atoms with Crippen molar-refractivity contribution < 1.29 is 17.9 Å². The Morgan fingerprint density at radius 1 is 1.30 bits per heavy atom. The highest BCUT2D eigenvalue weighted by Crippen LogP contribution is 2.16. The van der Waals surface area contributed by atoms with E-state index in [2.05, 4.69) is 5.32 Å². The zero-order chi connectivity index (χ0) is 17.3. The molecule has 0 fully saturated rings. The van der Waals surface area contributed by atoms with Crippen LogP contribution in [0.15, 0.2) is 29.2 Å². The molecule has 1 aromatic rings. The number of hydrogen-bond acceptors (Lipinski definition) is 4. The lowest BCUT2D eigenvalue weighted by molar-refractivity contribution is -0.121. The van der Waals surface area contributed by atoms with E-state index in [0.717, 1.165) is 22.7 Å². The third-order valence-electron chi connectivity index (χ3n) is 3.23. The highest BCUT2D eigenvalue weighted by Gasteiger charge is 2.22. The van der Waals surface area contributed by atoms with E-state index in [1.807, 2.05) is 0 Å². The minimum atomic E-state index is -3.69. The zero-order valence-corrected chi connectivity index (χ0v) is 15.0. The average molecular weight is 363 g/mol. The van der Waals surface area contributed by atoms with Crippen LogP contribution in [0.2, 0.25) is 0 Å². The molecule has 0 radical (unpaired) electrons. The second-order valence-electron chi connectivity index (χ2n) is 5.04. The summed E-state index contributed by atoms with van der Waals surface area (Å²) in [5.41, 5.74) is 1.03. The van der Waals surface area contributed by atoms with E-state index in [9.17, 15) is 13.2 Å². The minimum absolute atomic E-state index is 0.166. The van der Waals surface area contributed by atoms with Gasteiger partial charge in [-0.15, -0.1) is 11.6 Å². The van der Waals surface area contributed by atoms with E-state index in [1.165, 1.54) is 14.2 Å². The number of rotatable bonds is 10. The number of benzene rings is 1. The number of alkyl halides is 1. The number of nitrogens with one attached hydrogen (secondary N) is 1. The SMILES string of the molecule is COCCNC(=O)CN(C)S(=O)(=O)c1ccc(CCCCl)cc1. The molecular formula is C15H23ClN2O4S. The Hall–Kier alpha value is -1.15. The molecule has 130 valence electrons. The summed E-state index contributed by atoms with van der Waals surface area (Å²) in [5, 5.41) is 2.59. The first-order valence-corrected chi connectivity index (χ1v) is 9.26. The van der Waals surface area contributed by atoms with Crippen molar-refractivity contribution in [2.24, 2.45) is 0 Å². The molecule has 8 heteroatoms. The second-order valence-corrected chi connectivity index (χ2v) is 7.46. The molecule has 1 aromatic carbocycles. The molecule has 0 saturated heterocycles. The Kier molecular flexibility index (Phi) is 8.54. The van der Waals surface area contributed by atoms with Crippen LogP contribution in [0.5, 0.6) is 0 Å². The van der Waals surface area contributed by atoms with E-state index in [-0.39, 0.29) is 17.3 Å². The molecule has 0 aliphatic rings. The topological polar surface area (TPSA) is 75.7 Å². The molecule has 0 aromatic heterocycles. The number of ether oxygens (including phenoxy) is 1. The highest BCUT2D eigenvalue weighted by molar-refractivity contribution is 7.89. The molecule has 0 aliphatic carbocycles. The monoisotopic (exact) mass is 362 g/mol. The maximum atomic E-state index is 12.4. The predicted octanol–water partition coefficient (Wildman–Crippen LogP) is 1.24. The number of carbonyl (C=O) groups is 1. The van der Waals surface area contributed by atoms with Crippen LogP contribution >= 0.6 is 11.6 Å². The summed E-state index contributed by atoms with van der Waals surface area (Å²) in [5.74, 6) is 0.202. The summed E-state index contributed by atoms with van der Waals surface area (Å²) in [6, 6.07) is 6.65. The van der Waals surface area contributed by atoms with E-state index in [1.54, 1.807) is 24.3 Å². The van der Waals surface area contributed by atoms with Gasteiger partial charge in [0, 0.05) is 26.6 Å². The number of amides is 1. The molecule has 1 amide bonds. The van der Waals surface area contributed by atoms with Crippen LogP contribution in [0.25, 0.3) is 0 Å². The molecule has 0 heterocycles. The van der Waals surface area contributed by atoms with E-state index < -0.39 is 10.0 Å². The van der Waals surface area contributed by atoms with Crippen molar-refractivity contribution in [3.8, 4) is 0 Å². The van der Waals surface area contributed by atoms with Crippen LogP contribution in [0.4, 0.5) is 0 Å². The molecule has 23 heavy (non-hydrogen) atoms. The first-order chi connectivity index (χ1) is 10.9. The Balaban J connectivity index is 2.67. The molecule has 0 aliphatic heterocycles. The number of aryl methyl sites for hydroxylation is 1. The second kappa shape index (κ2) is 9.87. The lowest BCUT2D eigenvalue weighted by Gasteiger charge is -2.17. The van der Waals surface area contributed by atoms with Crippen molar-refractivity contribution in [1.82, 2.24) is 9.62 Å². The van der Waals surface area contributed by atoms with Crippen molar-refractivity contribution in [3.63, 3.8) is 0 Å². The predicted molar refractivity (Wildman–Crippen MR) is 90.2 cm³/mol. The fourth-order valence-corrected chi connectivity index (χ4v) is 3.18. The van der Waals surface area contributed by atoms with Crippen LogP contribution in [0.3, 0.4) is 0 Å². The lowest BCUT2D eigenvalue weighted by Crippen LogP contribution is -2.39. The number of methoxy groups -OCH3 is 1. The standard InChI is InChI=1S/C15H23ClN2O4S/c1-18(12-15(19)17-10-11-22-2)23(20,21)14-7-5-13(6-8-14)4-3-9-16/h5-8H,3-4,9-12H2,1-2H3,(H,17,19). The van der Waals surface area contributed by atoms with Crippen molar-refractivity contribution in [2.75, 3.05) is 39.7 Å². The van der Waals surface area contributed by atoms with Gasteiger partial charge in [0.05, 0.1) is 18.0 Å². The number of halogens is 1. The van der Waals surface area contributed by atoms with Gasteiger partial charge < -0.3 is 10.1 Å². The number of likely N-dealkylation sites (N-methyl/N-ethyl adjacent to an activating group) is 1. The molecule has 0 atom stereocenters. The first kappa shape index (κ1) is 19.9. The number of carbonyl (C=O) groups excluding carboxylic acids is 1. The summed E-state index contributed by atoms with van der Waals surface area (Å²) >= 11 is 5.64. The van der Waals surface area contributed by atoms with Gasteiger partial charge in [0.2, 0.25) is 15.9 Å². The van der Waals surface area contributed by atoms with Gasteiger partial charge in [-0.2, -0.15) is 4.31 Å². The molecule has 1 rings (SSSR count). The van der Waals surface area contributed by atoms with Gasteiger partial charge in [0.15, 0.2) is 0 Å². The third-order valence-corrected chi connectivity index (χ3v) is 5.31. The number of hydrogen-bond donors (Lipinski definition) is 1. The van der Waals surface area contributed by atoms with Crippen LogP contribution in [-0.2, 0) is 26.0 Å². The van der Waals surface area contributed by atoms with Gasteiger partial charge in [-0.25, -0.2) is 8.42 Å². The third kappa shape index (κ3) is 6.47. The van der Waals surface area contributed by atoms with Crippen LogP contribution in [0, 0.1) is 0 Å². The molecule has 0 spiro atoms. The van der Waals surface area contributed by atoms with Crippen LogP contribution in [-0.4, -0.2) is 58.4 Å². The quantitative estimate of drug-likeness (QED) is 0.502. The fourth-order valence-electron chi connectivity index (χ4n) is 1.91. The van der Waals surface area contributed by atoms with E-state index in [0.29, 0.717) is 19.0 Å². The lowest BCUT2D eigenvalue weighted by atomic mass is 10.1. The molecule has 6 nitrogen and oxygen atoms in total. The summed E-state index contributed by atoms with van der Waals surface area (Å²) in [7, 11) is -0.778. The van der Waals surface area contributed by atoms with Crippen molar-refractivity contribution in [2.45, 2.75) is 17.7 Å². The van der Waals surface area contributed by atoms with Gasteiger partial charge in [-0.3, -0.25) is 4.79 Å². The summed E-state index contributed by atoms with van der Waals surface area (Å²) in [6.07, 6.45) is 1.65. The van der Waals surface area contributed by atoms with Crippen molar-refractivity contribution in [1.29, 1.82) is 0 Å². The summed E-state index contributed by atoms with van der Waals surface area (Å²) in [4.78, 5) is 11.9.